The van der Waals surface area contributed by atoms with Gasteiger partial charge in [0.05, 0.1) is 18.8 Å². The lowest BCUT2D eigenvalue weighted by molar-refractivity contribution is -0.0774. The molecule has 3 atom stereocenters. The molecular weight excluding hydrogens is 572 g/mol. The van der Waals surface area contributed by atoms with Gasteiger partial charge >= 0.3 is 20.9 Å². The second-order valence-corrected chi connectivity index (χ2v) is 15.8. The van der Waals surface area contributed by atoms with Crippen molar-refractivity contribution in [2.75, 3.05) is 6.61 Å². The fraction of sp³-hybridized carbons (Fsp3) is 0.818. The maximum absolute atomic E-state index is 11.7. The fourth-order valence-corrected chi connectivity index (χ4v) is 9.86. The number of aromatic nitrogens is 2. The third-order valence-corrected chi connectivity index (χ3v) is 12.5. The smallest absolute Gasteiger partial charge is 0.369 e. The summed E-state index contributed by atoms with van der Waals surface area (Å²) in [6, 6.07) is -0.542. The molecule has 1 saturated heterocycles. The average molecular weight is 607 g/mol. The van der Waals surface area contributed by atoms with Gasteiger partial charge in [-0.2, -0.15) is 0 Å². The van der Waals surface area contributed by atoms with E-state index in [4.69, 9.17) is 15.4 Å². The number of nitrogens with one attached hydrogen (secondary N) is 1. The monoisotopic (exact) mass is 607 g/mol. The number of azide groups is 1. The first-order valence-corrected chi connectivity index (χ1v) is 16.2. The van der Waals surface area contributed by atoms with E-state index in [1.54, 1.807) is 6.92 Å². The predicted molar refractivity (Wildman–Crippen MR) is 139 cm³/mol. The molecule has 16 nitrogen and oxygen atoms in total. The number of nitrogens with zero attached hydrogens (tertiary/aromatic N) is 4. The fourth-order valence-electron chi connectivity index (χ4n) is 7.42. The van der Waals surface area contributed by atoms with Crippen LogP contribution in [0.5, 0.6) is 0 Å². The molecule has 224 valence electrons. The zero-order chi connectivity index (χ0) is 29.7. The Kier molecular flexibility index (Phi) is 8.64. The minimum atomic E-state index is -5.34. The number of aryl methyl sites for hydroxylation is 1. The van der Waals surface area contributed by atoms with Gasteiger partial charge in [-0.3, -0.25) is 23.5 Å². The van der Waals surface area contributed by atoms with E-state index in [1.165, 1.54) is 10.8 Å². The molecule has 1 aromatic rings. The molecule has 5 fully saturated rings. The van der Waals surface area contributed by atoms with Gasteiger partial charge in [-0.05, 0) is 74.1 Å². The number of rotatable bonds is 7. The molecule has 4 bridgehead atoms. The molecule has 0 spiro atoms. The van der Waals surface area contributed by atoms with Gasteiger partial charge in [0.25, 0.3) is 10.6 Å². The lowest BCUT2D eigenvalue weighted by Crippen LogP contribution is -2.49. The highest BCUT2D eigenvalue weighted by molar-refractivity contribution is 7.72. The van der Waals surface area contributed by atoms with Crippen molar-refractivity contribution in [3.05, 3.63) is 43.0 Å². The van der Waals surface area contributed by atoms with Crippen LogP contribution in [0.4, 0.5) is 0 Å². The van der Waals surface area contributed by atoms with Crippen LogP contribution in [0.15, 0.2) is 20.9 Å². The SMILES string of the molecule is Cc1cn([C@H]2C[C@H](N=[N+]=[N-])[C@@H](CO)O2)c(=O)[nH]c1=O.O=P(O)(O)C(O)(CC12CC3CC(CC(C3)C1)C2)P(=O)(O)O. The van der Waals surface area contributed by atoms with Crippen molar-refractivity contribution in [2.45, 2.75) is 81.7 Å². The van der Waals surface area contributed by atoms with E-state index < -0.39 is 61.7 Å². The van der Waals surface area contributed by atoms with Gasteiger partial charge in [0, 0.05) is 29.5 Å². The molecule has 4 saturated carbocycles. The molecule has 7 N–H and O–H groups in total. The number of aliphatic hydroxyl groups excluding tert-OH is 1. The minimum absolute atomic E-state index is 0.265. The first kappa shape index (κ1) is 31.1. The minimum Gasteiger partial charge on any atom is -0.394 e. The van der Waals surface area contributed by atoms with Crippen LogP contribution in [0.25, 0.3) is 10.4 Å². The van der Waals surface area contributed by atoms with Gasteiger partial charge in [0.15, 0.2) is 0 Å². The summed E-state index contributed by atoms with van der Waals surface area (Å²) in [6.45, 7) is 1.26. The van der Waals surface area contributed by atoms with Crippen LogP contribution in [0.3, 0.4) is 0 Å². The summed E-state index contributed by atoms with van der Waals surface area (Å²) in [6.07, 6.45) is 5.26. The molecule has 2 heterocycles. The zero-order valence-corrected chi connectivity index (χ0v) is 23.6. The molecular formula is C22H35N5O11P2. The topological polar surface area (TPSA) is 268 Å². The van der Waals surface area contributed by atoms with E-state index >= 15 is 0 Å². The quantitative estimate of drug-likeness (QED) is 0.101. The number of hydrogen-bond acceptors (Lipinski definition) is 8. The van der Waals surface area contributed by atoms with Crippen molar-refractivity contribution < 1.29 is 43.7 Å². The van der Waals surface area contributed by atoms with E-state index in [9.17, 15) is 43.4 Å². The summed E-state index contributed by atoms with van der Waals surface area (Å²) in [4.78, 5) is 65.2. The third kappa shape index (κ3) is 6.03. The molecule has 1 aliphatic heterocycles. The second-order valence-electron chi connectivity index (χ2n) is 11.8. The van der Waals surface area contributed by atoms with Crippen LogP contribution in [0.2, 0.25) is 0 Å². The largest absolute Gasteiger partial charge is 0.394 e. The Morgan fingerprint density at radius 2 is 1.62 bits per heavy atom. The van der Waals surface area contributed by atoms with Crippen molar-refractivity contribution >= 4 is 15.2 Å². The van der Waals surface area contributed by atoms with Gasteiger partial charge in [-0.15, -0.1) is 0 Å². The van der Waals surface area contributed by atoms with Gasteiger partial charge in [-0.1, -0.05) is 5.11 Å². The van der Waals surface area contributed by atoms with Crippen molar-refractivity contribution in [1.29, 1.82) is 0 Å². The molecule has 40 heavy (non-hydrogen) atoms. The molecule has 18 heteroatoms. The Labute approximate surface area is 228 Å². The first-order chi connectivity index (χ1) is 18.5. The zero-order valence-electron chi connectivity index (χ0n) is 21.8. The van der Waals surface area contributed by atoms with Gasteiger partial charge in [0.1, 0.15) is 6.23 Å². The van der Waals surface area contributed by atoms with Crippen LogP contribution >= 0.6 is 15.2 Å². The lowest BCUT2D eigenvalue weighted by Gasteiger charge is -2.58. The molecule has 4 aliphatic carbocycles. The first-order valence-electron chi connectivity index (χ1n) is 13.0. The Bertz CT molecular complexity index is 1320. The summed E-state index contributed by atoms with van der Waals surface area (Å²) in [5.74, 6) is 1.40. The molecule has 0 radical (unpaired) electrons. The van der Waals surface area contributed by atoms with Crippen molar-refractivity contribution in [2.24, 2.45) is 28.3 Å². The van der Waals surface area contributed by atoms with Crippen LogP contribution in [0.1, 0.15) is 63.2 Å². The summed E-state index contributed by atoms with van der Waals surface area (Å²) in [5, 5.41) is 19.6. The highest BCUT2D eigenvalue weighted by atomic mass is 31.2. The van der Waals surface area contributed by atoms with E-state index in [0.29, 0.717) is 42.6 Å². The Morgan fingerprint density at radius 3 is 2.08 bits per heavy atom. The predicted octanol–water partition coefficient (Wildman–Crippen LogP) is 1.40. The molecule has 6 rings (SSSR count). The van der Waals surface area contributed by atoms with Crippen molar-refractivity contribution in [1.82, 2.24) is 9.55 Å². The van der Waals surface area contributed by atoms with Crippen LogP contribution in [0, 0.1) is 30.1 Å². The normalized spacial score (nSPS) is 33.3. The highest BCUT2D eigenvalue weighted by Gasteiger charge is 2.64. The maximum atomic E-state index is 11.7. The molecule has 0 unspecified atom stereocenters. The summed E-state index contributed by atoms with van der Waals surface area (Å²) in [5.41, 5.74) is 7.22. The van der Waals surface area contributed by atoms with Crippen molar-refractivity contribution in [3.8, 4) is 0 Å². The molecule has 1 aromatic heterocycles. The molecule has 0 aromatic carbocycles. The Morgan fingerprint density at radius 1 is 1.10 bits per heavy atom. The van der Waals surface area contributed by atoms with Crippen LogP contribution < -0.4 is 11.2 Å². The van der Waals surface area contributed by atoms with Crippen molar-refractivity contribution in [3.63, 3.8) is 0 Å². The van der Waals surface area contributed by atoms with E-state index in [-0.39, 0.29) is 13.0 Å². The van der Waals surface area contributed by atoms with Crippen LogP contribution in [-0.2, 0) is 13.9 Å². The number of aromatic amines is 1. The summed E-state index contributed by atoms with van der Waals surface area (Å²) in [7, 11) is -10.7. The third-order valence-electron chi connectivity index (χ3n) is 8.75. The van der Waals surface area contributed by atoms with E-state index in [0.717, 1.165) is 19.3 Å². The van der Waals surface area contributed by atoms with E-state index in [2.05, 4.69) is 15.0 Å². The summed E-state index contributed by atoms with van der Waals surface area (Å²) < 4.78 is 29.8. The van der Waals surface area contributed by atoms with Gasteiger partial charge in [0.2, 0.25) is 0 Å². The molecule has 5 aliphatic rings. The highest BCUT2D eigenvalue weighted by Crippen LogP contribution is 2.74. The van der Waals surface area contributed by atoms with Gasteiger partial charge in [-0.25, -0.2) is 4.79 Å². The number of aliphatic hydroxyl groups is 2. The van der Waals surface area contributed by atoms with Crippen LogP contribution in [-0.4, -0.2) is 63.2 Å². The standard InChI is InChI=1S/C12H22O7P2.C10H13N5O4/c13-12(20(14,15)16,21(17,18)19)7-11-4-8-1-9(5-11)3-10(2-8)6-11;1-5-3-15(10(18)12-9(5)17)8-2-6(13-14-11)7(4-16)19-8/h8-10,13H,1-7H2,(H2,14,15,16)(H2,17,18,19);3,6-8,16H,2,4H2,1H3,(H,12,17,18)/t;6-,7+,8+/m.0/s1. The lowest BCUT2D eigenvalue weighted by atomic mass is 9.49. The number of H-pyrrole nitrogens is 1. The number of hydrogen-bond donors (Lipinski definition) is 7. The Hall–Kier alpha value is -1.83. The molecule has 0 amide bonds. The average Bonchev–Trinajstić information content (AvgIpc) is 3.22. The maximum Gasteiger partial charge on any atom is 0.369 e. The second kappa shape index (κ2) is 11.1. The Balaban J connectivity index is 0.000000186. The number of ether oxygens (including phenoxy) is 1. The summed E-state index contributed by atoms with van der Waals surface area (Å²) >= 11 is 0. The van der Waals surface area contributed by atoms with Gasteiger partial charge < -0.3 is 34.5 Å². The van der Waals surface area contributed by atoms with E-state index in [1.807, 2.05) is 0 Å².